The number of carbonyl (C=O) groups is 4. The van der Waals surface area contributed by atoms with Crippen LogP contribution in [0.3, 0.4) is 0 Å². The van der Waals surface area contributed by atoms with Crippen LogP contribution in [0.4, 0.5) is 0 Å². The van der Waals surface area contributed by atoms with Gasteiger partial charge in [0, 0.05) is 18.4 Å². The van der Waals surface area contributed by atoms with Gasteiger partial charge in [-0.3, -0.25) is 9.59 Å². The summed E-state index contributed by atoms with van der Waals surface area (Å²) in [6, 6.07) is 5.10. The Morgan fingerprint density at radius 1 is 1.16 bits per heavy atom. The van der Waals surface area contributed by atoms with Crippen molar-refractivity contribution < 1.29 is 28.7 Å². The number of hydrogen-bond acceptors (Lipinski definition) is 6. The summed E-state index contributed by atoms with van der Waals surface area (Å²) in [7, 11) is 2.49. The molecule has 0 unspecified atom stereocenters. The molecule has 0 aromatic heterocycles. The Bertz CT molecular complexity index is 684. The van der Waals surface area contributed by atoms with Gasteiger partial charge in [0.1, 0.15) is 11.8 Å². The molecule has 0 radical (unpaired) electrons. The van der Waals surface area contributed by atoms with Gasteiger partial charge in [-0.05, 0) is 37.0 Å². The summed E-state index contributed by atoms with van der Waals surface area (Å²) >= 11 is 0. The van der Waals surface area contributed by atoms with Crippen molar-refractivity contribution in [3.63, 3.8) is 0 Å². The molecular formula is C18H21NO6. The molecule has 1 amide bonds. The summed E-state index contributed by atoms with van der Waals surface area (Å²) in [5.74, 6) is -1.87. The van der Waals surface area contributed by atoms with Gasteiger partial charge in [0.2, 0.25) is 0 Å². The Balaban J connectivity index is 2.18. The molecular weight excluding hydrogens is 326 g/mol. The zero-order valence-electron chi connectivity index (χ0n) is 14.2. The number of nitrogens with one attached hydrogen (secondary N) is 1. The lowest BCUT2D eigenvalue weighted by Crippen LogP contribution is -2.48. The third-order valence-electron chi connectivity index (χ3n) is 4.28. The molecule has 7 nitrogen and oxygen atoms in total. The third kappa shape index (κ3) is 4.65. The molecule has 0 bridgehead atoms. The number of Topliss-reactive ketones (excluding diaryl/α,β-unsaturated/α-hetero) is 1. The van der Waals surface area contributed by atoms with E-state index in [0.29, 0.717) is 19.3 Å². The molecule has 1 aliphatic rings. The molecule has 0 heterocycles. The van der Waals surface area contributed by atoms with E-state index in [1.807, 2.05) is 0 Å². The number of hydrogen-bond donors (Lipinski definition) is 1. The SMILES string of the molecule is COC(=O)c1cccc(C(=O)N[C@@H](C(=O)OC)[C@@H]2CCCC(=O)C2)c1. The molecule has 134 valence electrons. The fourth-order valence-electron chi connectivity index (χ4n) is 2.97. The van der Waals surface area contributed by atoms with E-state index in [9.17, 15) is 19.2 Å². The third-order valence-corrected chi connectivity index (χ3v) is 4.28. The monoisotopic (exact) mass is 347 g/mol. The Labute approximate surface area is 145 Å². The first kappa shape index (κ1) is 18.6. The Kier molecular flexibility index (Phi) is 6.27. The van der Waals surface area contributed by atoms with Crippen molar-refractivity contribution in [3.05, 3.63) is 35.4 Å². The summed E-state index contributed by atoms with van der Waals surface area (Å²) < 4.78 is 9.41. The van der Waals surface area contributed by atoms with Crippen LogP contribution in [0.15, 0.2) is 24.3 Å². The maximum atomic E-state index is 12.5. The minimum Gasteiger partial charge on any atom is -0.467 e. The quantitative estimate of drug-likeness (QED) is 0.811. The van der Waals surface area contributed by atoms with E-state index in [1.165, 1.54) is 32.4 Å². The zero-order chi connectivity index (χ0) is 18.4. The van der Waals surface area contributed by atoms with E-state index in [0.717, 1.165) is 0 Å². The predicted octanol–water partition coefficient (Wildman–Crippen LogP) is 1.50. The van der Waals surface area contributed by atoms with E-state index < -0.39 is 23.9 Å². The summed E-state index contributed by atoms with van der Waals surface area (Å²) in [6.07, 6.45) is 2.08. The van der Waals surface area contributed by atoms with E-state index in [4.69, 9.17) is 4.74 Å². The molecule has 1 aromatic carbocycles. The number of ketones is 1. The highest BCUT2D eigenvalue weighted by Gasteiger charge is 2.34. The van der Waals surface area contributed by atoms with Gasteiger partial charge >= 0.3 is 11.9 Å². The van der Waals surface area contributed by atoms with Crippen molar-refractivity contribution in [2.75, 3.05) is 14.2 Å². The molecule has 0 saturated heterocycles. The molecule has 1 aliphatic carbocycles. The number of benzene rings is 1. The fraction of sp³-hybridized carbons (Fsp3) is 0.444. The maximum absolute atomic E-state index is 12.5. The highest BCUT2D eigenvalue weighted by molar-refractivity contribution is 5.99. The summed E-state index contributed by atoms with van der Waals surface area (Å²) in [5, 5.41) is 2.64. The molecule has 1 fully saturated rings. The van der Waals surface area contributed by atoms with Gasteiger partial charge < -0.3 is 14.8 Å². The minimum atomic E-state index is -0.900. The first-order valence-corrected chi connectivity index (χ1v) is 8.05. The van der Waals surface area contributed by atoms with Gasteiger partial charge in [-0.25, -0.2) is 9.59 Å². The second kappa shape index (κ2) is 8.41. The van der Waals surface area contributed by atoms with Crippen molar-refractivity contribution in [1.29, 1.82) is 0 Å². The van der Waals surface area contributed by atoms with Crippen LogP contribution in [-0.2, 0) is 19.1 Å². The molecule has 1 N–H and O–H groups in total. The molecule has 1 saturated carbocycles. The number of methoxy groups -OCH3 is 2. The van der Waals surface area contributed by atoms with E-state index in [-0.39, 0.29) is 29.2 Å². The van der Waals surface area contributed by atoms with Crippen LogP contribution in [0.2, 0.25) is 0 Å². The molecule has 25 heavy (non-hydrogen) atoms. The van der Waals surface area contributed by atoms with Gasteiger partial charge in [-0.15, -0.1) is 0 Å². The standard InChI is InChI=1S/C18H21NO6/c1-24-17(22)13-7-3-6-12(9-13)16(21)19-15(18(23)25-2)11-5-4-8-14(20)10-11/h3,6-7,9,11,15H,4-5,8,10H2,1-2H3,(H,19,21)/t11-,15-/m1/s1. The lowest BCUT2D eigenvalue weighted by atomic mass is 9.83. The average Bonchev–Trinajstić information content (AvgIpc) is 2.64. The fourth-order valence-corrected chi connectivity index (χ4v) is 2.97. The lowest BCUT2D eigenvalue weighted by molar-refractivity contribution is -0.145. The number of carbonyl (C=O) groups excluding carboxylic acids is 4. The second-order valence-electron chi connectivity index (χ2n) is 5.94. The predicted molar refractivity (Wildman–Crippen MR) is 88.0 cm³/mol. The highest BCUT2D eigenvalue weighted by atomic mass is 16.5. The van der Waals surface area contributed by atoms with E-state index >= 15 is 0 Å². The van der Waals surface area contributed by atoms with Crippen molar-refractivity contribution in [1.82, 2.24) is 5.32 Å². The second-order valence-corrected chi connectivity index (χ2v) is 5.94. The largest absolute Gasteiger partial charge is 0.467 e. The first-order chi connectivity index (χ1) is 12.0. The van der Waals surface area contributed by atoms with Crippen LogP contribution < -0.4 is 5.32 Å². The Hall–Kier alpha value is -2.70. The maximum Gasteiger partial charge on any atom is 0.337 e. The van der Waals surface area contributed by atoms with Crippen LogP contribution in [0.5, 0.6) is 0 Å². The first-order valence-electron chi connectivity index (χ1n) is 8.05. The Morgan fingerprint density at radius 3 is 2.52 bits per heavy atom. The number of esters is 2. The van der Waals surface area contributed by atoms with E-state index in [2.05, 4.69) is 10.1 Å². The van der Waals surface area contributed by atoms with Crippen LogP contribution in [-0.4, -0.2) is 43.9 Å². The summed E-state index contributed by atoms with van der Waals surface area (Å²) in [6.45, 7) is 0. The zero-order valence-corrected chi connectivity index (χ0v) is 14.2. The number of rotatable bonds is 5. The smallest absolute Gasteiger partial charge is 0.337 e. The van der Waals surface area contributed by atoms with E-state index in [1.54, 1.807) is 6.07 Å². The van der Waals surface area contributed by atoms with Crippen molar-refractivity contribution >= 4 is 23.6 Å². The highest BCUT2D eigenvalue weighted by Crippen LogP contribution is 2.25. The molecule has 1 aromatic rings. The normalized spacial score (nSPS) is 18.2. The summed E-state index contributed by atoms with van der Waals surface area (Å²) in [5.41, 5.74) is 0.455. The number of ether oxygens (including phenoxy) is 2. The van der Waals surface area contributed by atoms with Crippen LogP contribution in [0.1, 0.15) is 46.4 Å². The van der Waals surface area contributed by atoms with Gasteiger partial charge in [0.25, 0.3) is 5.91 Å². The molecule has 0 spiro atoms. The average molecular weight is 347 g/mol. The molecule has 7 heteroatoms. The van der Waals surface area contributed by atoms with Crippen LogP contribution in [0.25, 0.3) is 0 Å². The van der Waals surface area contributed by atoms with Gasteiger partial charge in [0.05, 0.1) is 19.8 Å². The van der Waals surface area contributed by atoms with Gasteiger partial charge in [0.15, 0.2) is 0 Å². The molecule has 2 rings (SSSR count). The number of amides is 1. The Morgan fingerprint density at radius 2 is 1.88 bits per heavy atom. The van der Waals surface area contributed by atoms with Crippen molar-refractivity contribution in [3.8, 4) is 0 Å². The molecule has 2 atom stereocenters. The molecule has 0 aliphatic heterocycles. The lowest BCUT2D eigenvalue weighted by Gasteiger charge is -2.28. The topological polar surface area (TPSA) is 98.8 Å². The summed E-state index contributed by atoms with van der Waals surface area (Å²) in [4.78, 5) is 47.9. The van der Waals surface area contributed by atoms with Crippen molar-refractivity contribution in [2.24, 2.45) is 5.92 Å². The van der Waals surface area contributed by atoms with Crippen LogP contribution >= 0.6 is 0 Å². The van der Waals surface area contributed by atoms with Crippen LogP contribution in [0, 0.1) is 5.92 Å². The van der Waals surface area contributed by atoms with Gasteiger partial charge in [-0.1, -0.05) is 6.07 Å². The van der Waals surface area contributed by atoms with Gasteiger partial charge in [-0.2, -0.15) is 0 Å². The van der Waals surface area contributed by atoms with Crippen molar-refractivity contribution in [2.45, 2.75) is 31.7 Å². The minimum absolute atomic E-state index is 0.0760.